The second kappa shape index (κ2) is 4.65. The number of pyridine rings is 1. The predicted molar refractivity (Wildman–Crippen MR) is 63.1 cm³/mol. The summed E-state index contributed by atoms with van der Waals surface area (Å²) in [7, 11) is 0. The molecule has 0 aliphatic carbocycles. The van der Waals surface area contributed by atoms with Crippen LogP contribution in [0.4, 0.5) is 5.82 Å². The lowest BCUT2D eigenvalue weighted by Crippen LogP contribution is -2.33. The molecule has 2 nitrogen and oxygen atoms in total. The first kappa shape index (κ1) is 10.5. The van der Waals surface area contributed by atoms with Crippen LogP contribution in [0.25, 0.3) is 0 Å². The summed E-state index contributed by atoms with van der Waals surface area (Å²) in [5.41, 5.74) is 1.08. The van der Waals surface area contributed by atoms with Gasteiger partial charge in [-0.05, 0) is 37.3 Å². The van der Waals surface area contributed by atoms with Crippen LogP contribution in [0.3, 0.4) is 0 Å². The second-order valence-electron chi connectivity index (χ2n) is 4.42. The summed E-state index contributed by atoms with van der Waals surface area (Å²) in [5.74, 6) is 2.01. The standard InChI is InChI=1S/C13H19N2/c1-3-12-5-4-6-13(14-12)15-9-7-11(2)8-10-15/h4,6,11H,3,7-10H2,1-2H3. The number of piperidine rings is 1. The average molecular weight is 203 g/mol. The molecule has 2 heterocycles. The maximum absolute atomic E-state index is 4.61. The molecule has 0 unspecified atom stereocenters. The molecule has 0 saturated carbocycles. The molecule has 2 rings (SSSR count). The molecule has 0 aromatic carbocycles. The van der Waals surface area contributed by atoms with Gasteiger partial charge < -0.3 is 4.90 Å². The Morgan fingerprint density at radius 3 is 2.87 bits per heavy atom. The molecule has 0 atom stereocenters. The van der Waals surface area contributed by atoms with Crippen LogP contribution >= 0.6 is 0 Å². The van der Waals surface area contributed by atoms with E-state index in [4.69, 9.17) is 0 Å². The molecule has 81 valence electrons. The molecular weight excluding hydrogens is 184 g/mol. The zero-order valence-corrected chi connectivity index (χ0v) is 9.66. The first-order valence-electron chi connectivity index (χ1n) is 5.92. The fourth-order valence-electron chi connectivity index (χ4n) is 2.02. The van der Waals surface area contributed by atoms with E-state index in [2.05, 4.69) is 35.9 Å². The Kier molecular flexibility index (Phi) is 3.24. The van der Waals surface area contributed by atoms with Gasteiger partial charge in [0.25, 0.3) is 0 Å². The van der Waals surface area contributed by atoms with E-state index in [9.17, 15) is 0 Å². The molecule has 1 aliphatic rings. The first-order valence-corrected chi connectivity index (χ1v) is 5.92. The van der Waals surface area contributed by atoms with Crippen molar-refractivity contribution in [3.05, 3.63) is 23.9 Å². The summed E-state index contributed by atoms with van der Waals surface area (Å²) >= 11 is 0. The molecule has 0 bridgehead atoms. The summed E-state index contributed by atoms with van der Waals surface area (Å²) in [4.78, 5) is 7.01. The van der Waals surface area contributed by atoms with Crippen LogP contribution < -0.4 is 4.90 Å². The quantitative estimate of drug-likeness (QED) is 0.734. The number of hydrogen-bond acceptors (Lipinski definition) is 2. The van der Waals surface area contributed by atoms with Gasteiger partial charge in [-0.3, -0.25) is 0 Å². The third-order valence-corrected chi connectivity index (χ3v) is 3.17. The van der Waals surface area contributed by atoms with E-state index in [-0.39, 0.29) is 0 Å². The van der Waals surface area contributed by atoms with Gasteiger partial charge in [0.1, 0.15) is 5.82 Å². The maximum atomic E-state index is 4.61. The number of aryl methyl sites for hydroxylation is 1. The number of nitrogens with zero attached hydrogens (tertiary/aromatic N) is 2. The topological polar surface area (TPSA) is 16.1 Å². The van der Waals surface area contributed by atoms with Crippen molar-refractivity contribution in [3.63, 3.8) is 0 Å². The van der Waals surface area contributed by atoms with Crippen LogP contribution in [0, 0.1) is 12.0 Å². The monoisotopic (exact) mass is 203 g/mol. The van der Waals surface area contributed by atoms with Crippen LogP contribution in [-0.2, 0) is 6.42 Å². The Balaban J connectivity index is 2.08. The summed E-state index contributed by atoms with van der Waals surface area (Å²) in [5, 5.41) is 0. The highest BCUT2D eigenvalue weighted by Crippen LogP contribution is 2.21. The average Bonchev–Trinajstić information content (AvgIpc) is 2.30. The summed E-state index contributed by atoms with van der Waals surface area (Å²) < 4.78 is 0. The third-order valence-electron chi connectivity index (χ3n) is 3.17. The highest BCUT2D eigenvalue weighted by Gasteiger charge is 2.16. The Morgan fingerprint density at radius 2 is 2.20 bits per heavy atom. The lowest BCUT2D eigenvalue weighted by molar-refractivity contribution is 0.436. The van der Waals surface area contributed by atoms with Gasteiger partial charge in [0.2, 0.25) is 0 Å². The third kappa shape index (κ3) is 2.49. The molecule has 1 saturated heterocycles. The number of aromatic nitrogens is 1. The lowest BCUT2D eigenvalue weighted by atomic mass is 9.99. The molecule has 0 amide bonds. The minimum absolute atomic E-state index is 0.877. The van der Waals surface area contributed by atoms with E-state index in [0.717, 1.165) is 36.9 Å². The van der Waals surface area contributed by atoms with Crippen molar-refractivity contribution in [2.45, 2.75) is 33.1 Å². The molecule has 2 heteroatoms. The largest absolute Gasteiger partial charge is 0.357 e. The van der Waals surface area contributed by atoms with Gasteiger partial charge in [-0.2, -0.15) is 0 Å². The van der Waals surface area contributed by atoms with E-state index < -0.39 is 0 Å². The number of rotatable bonds is 2. The van der Waals surface area contributed by atoms with Crippen LogP contribution in [-0.4, -0.2) is 18.1 Å². The van der Waals surface area contributed by atoms with Gasteiger partial charge >= 0.3 is 0 Å². The zero-order chi connectivity index (χ0) is 10.7. The number of anilines is 1. The van der Waals surface area contributed by atoms with Gasteiger partial charge in [-0.1, -0.05) is 13.8 Å². The Bertz CT molecular complexity index is 314. The normalized spacial score (nSPS) is 18.1. The maximum Gasteiger partial charge on any atom is 0.128 e. The minimum Gasteiger partial charge on any atom is -0.357 e. The van der Waals surface area contributed by atoms with Crippen LogP contribution in [0.15, 0.2) is 12.1 Å². The van der Waals surface area contributed by atoms with Crippen molar-refractivity contribution >= 4 is 5.82 Å². The highest BCUT2D eigenvalue weighted by molar-refractivity contribution is 5.39. The van der Waals surface area contributed by atoms with Crippen molar-refractivity contribution in [1.29, 1.82) is 0 Å². The fraction of sp³-hybridized carbons (Fsp3) is 0.615. The van der Waals surface area contributed by atoms with Gasteiger partial charge in [0, 0.05) is 19.2 Å². The van der Waals surface area contributed by atoms with E-state index >= 15 is 0 Å². The van der Waals surface area contributed by atoms with Gasteiger partial charge in [-0.25, -0.2) is 4.98 Å². The highest BCUT2D eigenvalue weighted by atomic mass is 15.2. The minimum atomic E-state index is 0.877. The molecular formula is C13H19N2. The summed E-state index contributed by atoms with van der Waals surface area (Å²) in [6.45, 7) is 6.77. The predicted octanol–water partition coefficient (Wildman–Crippen LogP) is 2.68. The molecule has 1 fully saturated rings. The lowest BCUT2D eigenvalue weighted by Gasteiger charge is -2.31. The molecule has 15 heavy (non-hydrogen) atoms. The second-order valence-corrected chi connectivity index (χ2v) is 4.42. The van der Waals surface area contributed by atoms with E-state index in [1.807, 2.05) is 6.07 Å². The molecule has 0 spiro atoms. The van der Waals surface area contributed by atoms with Crippen LogP contribution in [0.1, 0.15) is 32.4 Å². The van der Waals surface area contributed by atoms with Gasteiger partial charge in [0.15, 0.2) is 0 Å². The van der Waals surface area contributed by atoms with E-state index in [1.54, 1.807) is 0 Å². The van der Waals surface area contributed by atoms with Crippen molar-refractivity contribution in [2.24, 2.45) is 5.92 Å². The van der Waals surface area contributed by atoms with Gasteiger partial charge in [0.05, 0.1) is 5.69 Å². The first-order chi connectivity index (χ1) is 7.29. The Hall–Kier alpha value is -1.05. The van der Waals surface area contributed by atoms with Gasteiger partial charge in [-0.15, -0.1) is 0 Å². The zero-order valence-electron chi connectivity index (χ0n) is 9.66. The molecule has 1 radical (unpaired) electrons. The summed E-state index contributed by atoms with van der Waals surface area (Å²) in [6, 6.07) is 7.25. The van der Waals surface area contributed by atoms with Crippen molar-refractivity contribution in [1.82, 2.24) is 4.98 Å². The van der Waals surface area contributed by atoms with Crippen molar-refractivity contribution in [2.75, 3.05) is 18.0 Å². The SMILES string of the molecule is CCc1[c]ccc(N2CCC(C)CC2)n1. The van der Waals surface area contributed by atoms with Crippen molar-refractivity contribution < 1.29 is 0 Å². The fourth-order valence-corrected chi connectivity index (χ4v) is 2.02. The van der Waals surface area contributed by atoms with E-state index in [0.29, 0.717) is 0 Å². The Labute approximate surface area is 92.3 Å². The Morgan fingerprint density at radius 1 is 1.47 bits per heavy atom. The molecule has 0 N–H and O–H groups in total. The van der Waals surface area contributed by atoms with Crippen LogP contribution in [0.5, 0.6) is 0 Å². The molecule has 1 aliphatic heterocycles. The van der Waals surface area contributed by atoms with E-state index in [1.165, 1.54) is 12.8 Å². The van der Waals surface area contributed by atoms with Crippen LogP contribution in [0.2, 0.25) is 0 Å². The smallest absolute Gasteiger partial charge is 0.128 e. The van der Waals surface area contributed by atoms with Crippen molar-refractivity contribution in [3.8, 4) is 0 Å². The number of hydrogen-bond donors (Lipinski definition) is 0. The summed E-state index contributed by atoms with van der Waals surface area (Å²) in [6.07, 6.45) is 3.56. The molecule has 1 aromatic heterocycles. The molecule has 1 aromatic rings.